The summed E-state index contributed by atoms with van der Waals surface area (Å²) in [6.07, 6.45) is 4.21. The van der Waals surface area contributed by atoms with E-state index < -0.39 is 14.6 Å². The van der Waals surface area contributed by atoms with Crippen LogP contribution >= 0.6 is 0 Å². The minimum Gasteiger partial charge on any atom is -0.299 e. The van der Waals surface area contributed by atoms with E-state index in [4.69, 9.17) is 0 Å². The molecular formula is C24H31NO2S. The largest absolute Gasteiger partial charge is 0.299 e. The number of sulfone groups is 1. The average Bonchev–Trinajstić information content (AvgIpc) is 3.30. The minimum atomic E-state index is -3.32. The van der Waals surface area contributed by atoms with Crippen molar-refractivity contribution in [3.8, 4) is 0 Å². The number of benzene rings is 2. The van der Waals surface area contributed by atoms with E-state index in [9.17, 15) is 8.42 Å². The van der Waals surface area contributed by atoms with E-state index in [2.05, 4.69) is 35.2 Å². The Hall–Kier alpha value is -1.65. The lowest BCUT2D eigenvalue weighted by Crippen LogP contribution is -2.39. The van der Waals surface area contributed by atoms with Crippen molar-refractivity contribution in [2.45, 2.75) is 61.1 Å². The maximum Gasteiger partial charge on any atom is 0.183 e. The molecule has 2 aliphatic rings. The zero-order chi connectivity index (χ0) is 19.8. The standard InChI is InChI=1S/C24H31NO2S/c1-24(2,28(26,27)21-12-7-4-8-13-21)14-9-15-25-18-19-16-22(23(25)17-19)20-10-5-3-6-11-20/h3-8,10-13,19,22-23H,9,14-18H2,1-2H3. The normalized spacial score (nSPS) is 25.3. The Kier molecular flexibility index (Phi) is 5.36. The van der Waals surface area contributed by atoms with Gasteiger partial charge in [0, 0.05) is 12.6 Å². The maximum absolute atomic E-state index is 13.0. The fourth-order valence-corrected chi connectivity index (χ4v) is 6.78. The van der Waals surface area contributed by atoms with Crippen LogP contribution in [0.4, 0.5) is 0 Å². The molecule has 4 heteroatoms. The van der Waals surface area contributed by atoms with Crippen molar-refractivity contribution in [2.24, 2.45) is 5.92 Å². The van der Waals surface area contributed by atoms with Crippen LogP contribution in [0.3, 0.4) is 0 Å². The molecule has 1 saturated heterocycles. The zero-order valence-electron chi connectivity index (χ0n) is 16.9. The molecule has 2 aromatic rings. The minimum absolute atomic E-state index is 0.435. The monoisotopic (exact) mass is 397 g/mol. The smallest absolute Gasteiger partial charge is 0.183 e. The summed E-state index contributed by atoms with van der Waals surface area (Å²) in [6, 6.07) is 20.4. The second-order valence-corrected chi connectivity index (χ2v) is 11.7. The highest BCUT2D eigenvalue weighted by molar-refractivity contribution is 7.92. The quantitative estimate of drug-likeness (QED) is 0.667. The van der Waals surface area contributed by atoms with E-state index in [0.29, 0.717) is 23.3 Å². The molecule has 2 bridgehead atoms. The molecule has 2 aromatic carbocycles. The summed E-state index contributed by atoms with van der Waals surface area (Å²) in [5.41, 5.74) is 1.46. The Morgan fingerprint density at radius 1 is 0.964 bits per heavy atom. The van der Waals surface area contributed by atoms with Gasteiger partial charge in [-0.1, -0.05) is 48.5 Å². The van der Waals surface area contributed by atoms with E-state index in [0.717, 1.165) is 18.9 Å². The molecule has 4 rings (SSSR count). The summed E-state index contributed by atoms with van der Waals surface area (Å²) in [5.74, 6) is 1.44. The maximum atomic E-state index is 13.0. The van der Waals surface area contributed by atoms with Gasteiger partial charge in [0.05, 0.1) is 9.64 Å². The van der Waals surface area contributed by atoms with Gasteiger partial charge in [0.15, 0.2) is 9.84 Å². The number of hydrogen-bond acceptors (Lipinski definition) is 3. The molecule has 3 nitrogen and oxygen atoms in total. The van der Waals surface area contributed by atoms with Crippen LogP contribution in [-0.4, -0.2) is 37.2 Å². The highest BCUT2D eigenvalue weighted by Crippen LogP contribution is 2.47. The first-order valence-electron chi connectivity index (χ1n) is 10.5. The molecule has 0 radical (unpaired) electrons. The summed E-state index contributed by atoms with van der Waals surface area (Å²) < 4.78 is 25.3. The number of piperidine rings is 1. The van der Waals surface area contributed by atoms with Crippen molar-refractivity contribution in [3.05, 3.63) is 66.2 Å². The molecule has 150 valence electrons. The molecule has 2 fully saturated rings. The van der Waals surface area contributed by atoms with Crippen molar-refractivity contribution in [1.82, 2.24) is 4.90 Å². The summed E-state index contributed by atoms with van der Waals surface area (Å²) in [5, 5.41) is 0. The second kappa shape index (κ2) is 7.64. The molecule has 3 atom stereocenters. The van der Waals surface area contributed by atoms with Gasteiger partial charge in [-0.25, -0.2) is 8.42 Å². The molecule has 1 heterocycles. The van der Waals surface area contributed by atoms with Gasteiger partial charge in [-0.3, -0.25) is 4.90 Å². The summed E-state index contributed by atoms with van der Waals surface area (Å²) in [4.78, 5) is 3.06. The van der Waals surface area contributed by atoms with E-state index in [1.54, 1.807) is 24.3 Å². The highest BCUT2D eigenvalue weighted by atomic mass is 32.2. The van der Waals surface area contributed by atoms with Crippen LogP contribution in [0.25, 0.3) is 0 Å². The van der Waals surface area contributed by atoms with Gasteiger partial charge in [-0.2, -0.15) is 0 Å². The van der Waals surface area contributed by atoms with Gasteiger partial charge >= 0.3 is 0 Å². The van der Waals surface area contributed by atoms with Crippen LogP contribution in [0.5, 0.6) is 0 Å². The lowest BCUT2D eigenvalue weighted by Gasteiger charge is -2.34. The van der Waals surface area contributed by atoms with Crippen molar-refractivity contribution >= 4 is 9.84 Å². The molecule has 0 N–H and O–H groups in total. The molecular weight excluding hydrogens is 366 g/mol. The Balaban J connectivity index is 1.38. The highest BCUT2D eigenvalue weighted by Gasteiger charge is 2.45. The number of rotatable bonds is 7. The topological polar surface area (TPSA) is 37.4 Å². The van der Waals surface area contributed by atoms with Gasteiger partial charge in [0.1, 0.15) is 0 Å². The SMILES string of the molecule is CC(C)(CCCN1CC2CC(c3ccccc3)C1C2)S(=O)(=O)c1ccccc1. The number of hydrogen-bond donors (Lipinski definition) is 0. The van der Waals surface area contributed by atoms with Crippen molar-refractivity contribution < 1.29 is 8.42 Å². The first kappa shape index (κ1) is 19.7. The van der Waals surface area contributed by atoms with Crippen LogP contribution in [0.1, 0.15) is 51.0 Å². The predicted octanol–water partition coefficient (Wildman–Crippen LogP) is 4.90. The zero-order valence-corrected chi connectivity index (χ0v) is 17.7. The first-order chi connectivity index (χ1) is 13.4. The lowest BCUT2D eigenvalue weighted by molar-refractivity contribution is 0.187. The van der Waals surface area contributed by atoms with Crippen LogP contribution in [0, 0.1) is 5.92 Å². The summed E-state index contributed by atoms with van der Waals surface area (Å²) in [7, 11) is -3.32. The number of nitrogens with zero attached hydrogens (tertiary/aromatic N) is 1. The van der Waals surface area contributed by atoms with Crippen LogP contribution in [0.2, 0.25) is 0 Å². The van der Waals surface area contributed by atoms with Crippen LogP contribution < -0.4 is 0 Å². The third-order valence-electron chi connectivity index (χ3n) is 6.82. The Bertz CT molecular complexity index is 893. The fourth-order valence-electron chi connectivity index (χ4n) is 5.21. The summed E-state index contributed by atoms with van der Waals surface area (Å²) in [6.45, 7) is 5.93. The molecule has 1 saturated carbocycles. The lowest BCUT2D eigenvalue weighted by atomic mass is 9.90. The predicted molar refractivity (Wildman–Crippen MR) is 114 cm³/mol. The van der Waals surface area contributed by atoms with Crippen LogP contribution in [-0.2, 0) is 9.84 Å². The van der Waals surface area contributed by atoms with Gasteiger partial charge < -0.3 is 0 Å². The molecule has 3 unspecified atom stereocenters. The van der Waals surface area contributed by atoms with Gasteiger partial charge in [0.25, 0.3) is 0 Å². The molecule has 0 aromatic heterocycles. The molecule has 0 amide bonds. The molecule has 0 spiro atoms. The van der Waals surface area contributed by atoms with E-state index in [1.807, 2.05) is 19.9 Å². The third kappa shape index (κ3) is 3.65. The van der Waals surface area contributed by atoms with Crippen LogP contribution in [0.15, 0.2) is 65.6 Å². The first-order valence-corrected chi connectivity index (χ1v) is 12.0. The van der Waals surface area contributed by atoms with Crippen molar-refractivity contribution in [1.29, 1.82) is 0 Å². The summed E-state index contributed by atoms with van der Waals surface area (Å²) >= 11 is 0. The Morgan fingerprint density at radius 2 is 1.61 bits per heavy atom. The van der Waals surface area contributed by atoms with E-state index >= 15 is 0 Å². The van der Waals surface area contributed by atoms with E-state index in [-0.39, 0.29) is 0 Å². The molecule has 1 aliphatic heterocycles. The Morgan fingerprint density at radius 3 is 2.25 bits per heavy atom. The molecule has 1 aliphatic carbocycles. The fraction of sp³-hybridized carbons (Fsp3) is 0.500. The average molecular weight is 398 g/mol. The van der Waals surface area contributed by atoms with Gasteiger partial charge in [0.2, 0.25) is 0 Å². The number of fused-ring (bicyclic) bond motifs is 2. The second-order valence-electron chi connectivity index (χ2n) is 9.10. The number of likely N-dealkylation sites (tertiary alicyclic amines) is 1. The van der Waals surface area contributed by atoms with Gasteiger partial charge in [-0.05, 0) is 75.6 Å². The molecule has 28 heavy (non-hydrogen) atoms. The third-order valence-corrected chi connectivity index (χ3v) is 9.37. The van der Waals surface area contributed by atoms with Crippen molar-refractivity contribution in [3.63, 3.8) is 0 Å². The van der Waals surface area contributed by atoms with Gasteiger partial charge in [-0.15, -0.1) is 0 Å². The van der Waals surface area contributed by atoms with E-state index in [1.165, 1.54) is 24.9 Å². The van der Waals surface area contributed by atoms with Crippen molar-refractivity contribution in [2.75, 3.05) is 13.1 Å². The Labute approximate surface area is 169 Å².